The molecule has 0 spiro atoms. The maximum atomic E-state index is 7.62. The summed E-state index contributed by atoms with van der Waals surface area (Å²) in [6, 6.07) is 1.93. The Morgan fingerprint density at radius 1 is 1.83 bits per heavy atom. The molecule has 3 nitrogen and oxygen atoms in total. The SMILES string of the molecule is CCC#N.NO. The van der Waals surface area contributed by atoms with Crippen molar-refractivity contribution in [1.82, 2.24) is 0 Å². The van der Waals surface area contributed by atoms with Crippen LogP contribution in [-0.2, 0) is 0 Å². The van der Waals surface area contributed by atoms with Crippen molar-refractivity contribution in [3.63, 3.8) is 0 Å². The molecule has 0 aliphatic heterocycles. The first-order valence-corrected chi connectivity index (χ1v) is 1.54. The van der Waals surface area contributed by atoms with Crippen LogP contribution in [0.4, 0.5) is 0 Å². The molecule has 0 aliphatic rings. The fourth-order valence-corrected chi connectivity index (χ4v) is 0. The fraction of sp³-hybridized carbons (Fsp3) is 0.667. The molecule has 3 N–H and O–H groups in total. The summed E-state index contributed by atoms with van der Waals surface area (Å²) in [5, 5.41) is 14.1. The van der Waals surface area contributed by atoms with Crippen LogP contribution in [0, 0.1) is 11.3 Å². The molecule has 0 rings (SSSR count). The molecule has 0 fully saturated rings. The van der Waals surface area contributed by atoms with E-state index in [4.69, 9.17) is 10.5 Å². The van der Waals surface area contributed by atoms with Crippen molar-refractivity contribution < 1.29 is 5.21 Å². The zero-order valence-corrected chi connectivity index (χ0v) is 3.68. The molecule has 0 saturated carbocycles. The number of nitrogens with two attached hydrogens (primary N) is 1. The van der Waals surface area contributed by atoms with E-state index in [1.165, 1.54) is 0 Å². The first-order valence-electron chi connectivity index (χ1n) is 1.54. The molecular formula is C3H8N2O. The van der Waals surface area contributed by atoms with E-state index in [1.807, 2.05) is 13.0 Å². The monoisotopic (exact) mass is 88.1 g/mol. The summed E-state index contributed by atoms with van der Waals surface area (Å²) >= 11 is 0. The Morgan fingerprint density at radius 2 is 2.00 bits per heavy atom. The number of nitrogens with zero attached hydrogens (tertiary/aromatic N) is 1. The molecule has 3 heteroatoms. The third-order valence-corrected chi connectivity index (χ3v) is 0.158. The van der Waals surface area contributed by atoms with Crippen molar-refractivity contribution in [1.29, 1.82) is 5.26 Å². The normalized spacial score (nSPS) is 4.33. The van der Waals surface area contributed by atoms with Gasteiger partial charge in [-0.2, -0.15) is 5.26 Å². The smallest absolute Gasteiger partial charge is 0.0618 e. The second kappa shape index (κ2) is 25.8. The van der Waals surface area contributed by atoms with Gasteiger partial charge in [0.15, 0.2) is 0 Å². The second-order valence-corrected chi connectivity index (χ2v) is 0.512. The lowest BCUT2D eigenvalue weighted by Crippen LogP contribution is -1.72. The Balaban J connectivity index is 0. The van der Waals surface area contributed by atoms with E-state index in [0.717, 1.165) is 0 Å². The highest BCUT2D eigenvalue weighted by atomic mass is 16.4. The van der Waals surface area contributed by atoms with Crippen molar-refractivity contribution in [3.05, 3.63) is 0 Å². The molecule has 0 unspecified atom stereocenters. The van der Waals surface area contributed by atoms with E-state index in [-0.39, 0.29) is 0 Å². The van der Waals surface area contributed by atoms with Crippen molar-refractivity contribution in [2.75, 3.05) is 0 Å². The van der Waals surface area contributed by atoms with Crippen LogP contribution in [0.5, 0.6) is 0 Å². The van der Waals surface area contributed by atoms with Gasteiger partial charge in [-0.1, -0.05) is 6.92 Å². The molecule has 0 bridgehead atoms. The number of hydrogen-bond acceptors (Lipinski definition) is 3. The number of nitriles is 1. The number of rotatable bonds is 0. The zero-order chi connectivity index (χ0) is 5.41. The molecule has 0 amide bonds. The van der Waals surface area contributed by atoms with Crippen LogP contribution in [0.3, 0.4) is 0 Å². The Morgan fingerprint density at radius 3 is 2.00 bits per heavy atom. The van der Waals surface area contributed by atoms with E-state index in [1.54, 1.807) is 0 Å². The topological polar surface area (TPSA) is 70.0 Å². The predicted molar refractivity (Wildman–Crippen MR) is 21.9 cm³/mol. The standard InChI is InChI=1S/C3H5N.H3NO/c1-2-3-4;1-2/h2H2,1H3;2H,1H2. The predicted octanol–water partition coefficient (Wildman–Crippen LogP) is 0.254. The van der Waals surface area contributed by atoms with Crippen molar-refractivity contribution >= 4 is 0 Å². The molecule has 0 aromatic rings. The second-order valence-electron chi connectivity index (χ2n) is 0.512. The average Bonchev–Trinajstić information content (AvgIpc) is 1.72. The lowest BCUT2D eigenvalue weighted by atomic mass is 10.6. The van der Waals surface area contributed by atoms with Crippen molar-refractivity contribution in [3.8, 4) is 6.07 Å². The minimum atomic E-state index is 0.625. The highest BCUT2D eigenvalue weighted by Crippen LogP contribution is 1.58. The molecule has 6 heavy (non-hydrogen) atoms. The van der Waals surface area contributed by atoms with E-state index in [9.17, 15) is 0 Å². The largest absolute Gasteiger partial charge is 0.320 e. The Labute approximate surface area is 37.0 Å². The first-order chi connectivity index (χ1) is 2.91. The van der Waals surface area contributed by atoms with E-state index in [2.05, 4.69) is 5.90 Å². The summed E-state index contributed by atoms with van der Waals surface area (Å²) < 4.78 is 0. The third-order valence-electron chi connectivity index (χ3n) is 0.158. The lowest BCUT2D eigenvalue weighted by Gasteiger charge is -1.47. The highest BCUT2D eigenvalue weighted by Gasteiger charge is 1.49. The summed E-state index contributed by atoms with van der Waals surface area (Å²) in [6.45, 7) is 1.82. The number of hydrogen-bond donors (Lipinski definition) is 2. The molecule has 36 valence electrons. The zero-order valence-electron chi connectivity index (χ0n) is 3.68. The van der Waals surface area contributed by atoms with Crippen LogP contribution >= 0.6 is 0 Å². The Kier molecular flexibility index (Phi) is 38.9. The van der Waals surface area contributed by atoms with Gasteiger partial charge in [0.05, 0.1) is 6.07 Å². The third kappa shape index (κ3) is 118. The van der Waals surface area contributed by atoms with Gasteiger partial charge < -0.3 is 5.21 Å². The van der Waals surface area contributed by atoms with Gasteiger partial charge in [0.2, 0.25) is 0 Å². The van der Waals surface area contributed by atoms with Gasteiger partial charge in [0, 0.05) is 6.42 Å². The van der Waals surface area contributed by atoms with Crippen LogP contribution in [0.15, 0.2) is 0 Å². The maximum absolute atomic E-state index is 7.62. The minimum Gasteiger partial charge on any atom is -0.320 e. The van der Waals surface area contributed by atoms with Gasteiger partial charge in [-0.05, 0) is 0 Å². The summed E-state index contributed by atoms with van der Waals surface area (Å²) in [6.07, 6.45) is 0.625. The lowest BCUT2D eigenvalue weighted by molar-refractivity contribution is 0.311. The molecule has 0 aromatic carbocycles. The van der Waals surface area contributed by atoms with Crippen LogP contribution in [0.2, 0.25) is 0 Å². The summed E-state index contributed by atoms with van der Waals surface area (Å²) in [7, 11) is 0. The molecule has 0 aromatic heterocycles. The van der Waals surface area contributed by atoms with Crippen molar-refractivity contribution in [2.45, 2.75) is 13.3 Å². The minimum absolute atomic E-state index is 0.625. The van der Waals surface area contributed by atoms with Gasteiger partial charge in [0.1, 0.15) is 0 Å². The highest BCUT2D eigenvalue weighted by molar-refractivity contribution is 4.61. The van der Waals surface area contributed by atoms with Gasteiger partial charge in [-0.25, -0.2) is 5.90 Å². The molecule has 0 heterocycles. The van der Waals surface area contributed by atoms with E-state index in [0.29, 0.717) is 6.42 Å². The van der Waals surface area contributed by atoms with Gasteiger partial charge >= 0.3 is 0 Å². The Hall–Kier alpha value is -0.590. The molecule has 0 aliphatic carbocycles. The molecule has 0 radical (unpaired) electrons. The molecule has 0 saturated heterocycles. The van der Waals surface area contributed by atoms with Gasteiger partial charge in [-0.15, -0.1) is 0 Å². The first kappa shape index (κ1) is 9.05. The van der Waals surface area contributed by atoms with Crippen LogP contribution in [0.25, 0.3) is 0 Å². The maximum Gasteiger partial charge on any atom is 0.0618 e. The average molecular weight is 88.1 g/mol. The molecular weight excluding hydrogens is 80.0 g/mol. The van der Waals surface area contributed by atoms with Crippen molar-refractivity contribution in [2.24, 2.45) is 5.90 Å². The van der Waals surface area contributed by atoms with Crippen LogP contribution in [0.1, 0.15) is 13.3 Å². The van der Waals surface area contributed by atoms with E-state index >= 15 is 0 Å². The van der Waals surface area contributed by atoms with Gasteiger partial charge in [-0.3, -0.25) is 0 Å². The molecule has 0 atom stereocenters. The fourth-order valence-electron chi connectivity index (χ4n) is 0. The van der Waals surface area contributed by atoms with E-state index < -0.39 is 0 Å². The summed E-state index contributed by atoms with van der Waals surface area (Å²) in [5.41, 5.74) is 0. The summed E-state index contributed by atoms with van der Waals surface area (Å²) in [4.78, 5) is 0. The quantitative estimate of drug-likeness (QED) is 0.417. The van der Waals surface area contributed by atoms with Crippen LogP contribution in [-0.4, -0.2) is 5.21 Å². The van der Waals surface area contributed by atoms with Crippen LogP contribution < -0.4 is 5.90 Å². The Bertz CT molecular complexity index is 38.5. The summed E-state index contributed by atoms with van der Waals surface area (Å²) in [5.74, 6) is 3.50. The van der Waals surface area contributed by atoms with Gasteiger partial charge in [0.25, 0.3) is 0 Å².